The van der Waals surface area contributed by atoms with E-state index in [-0.39, 0.29) is 12.7 Å². The van der Waals surface area contributed by atoms with Gasteiger partial charge in [0.05, 0.1) is 13.7 Å². The van der Waals surface area contributed by atoms with Gasteiger partial charge >= 0.3 is 0 Å². The van der Waals surface area contributed by atoms with Crippen LogP contribution in [0.1, 0.15) is 31.4 Å². The van der Waals surface area contributed by atoms with E-state index in [4.69, 9.17) is 9.47 Å². The van der Waals surface area contributed by atoms with Crippen LogP contribution in [-0.2, 0) is 13.0 Å². The SMILES string of the molecule is CCC(CO)N1CCN(Cc2cc(OC)cc3c2OC(C)C3)CC1. The van der Waals surface area contributed by atoms with Gasteiger partial charge in [-0.25, -0.2) is 0 Å². The molecule has 2 aliphatic heterocycles. The van der Waals surface area contributed by atoms with E-state index in [0.717, 1.165) is 57.1 Å². The molecule has 3 rings (SSSR count). The Morgan fingerprint density at radius 3 is 2.67 bits per heavy atom. The summed E-state index contributed by atoms with van der Waals surface area (Å²) in [5, 5.41) is 9.48. The van der Waals surface area contributed by atoms with Gasteiger partial charge in [-0.15, -0.1) is 0 Å². The molecule has 0 saturated carbocycles. The van der Waals surface area contributed by atoms with Crippen LogP contribution in [-0.4, -0.2) is 66.9 Å². The van der Waals surface area contributed by atoms with E-state index in [1.54, 1.807) is 7.11 Å². The van der Waals surface area contributed by atoms with Crippen molar-refractivity contribution in [2.75, 3.05) is 39.9 Å². The van der Waals surface area contributed by atoms with Crippen molar-refractivity contribution in [3.8, 4) is 11.5 Å². The number of fused-ring (bicyclic) bond motifs is 1. The van der Waals surface area contributed by atoms with Crippen molar-refractivity contribution >= 4 is 0 Å². The molecule has 0 aromatic heterocycles. The van der Waals surface area contributed by atoms with E-state index in [0.29, 0.717) is 6.04 Å². The van der Waals surface area contributed by atoms with E-state index in [1.807, 2.05) is 0 Å². The maximum Gasteiger partial charge on any atom is 0.127 e. The van der Waals surface area contributed by atoms with Crippen LogP contribution in [0.25, 0.3) is 0 Å². The lowest BCUT2D eigenvalue weighted by Gasteiger charge is -2.38. The van der Waals surface area contributed by atoms with Gasteiger partial charge in [0.1, 0.15) is 17.6 Å². The Hall–Kier alpha value is -1.30. The lowest BCUT2D eigenvalue weighted by atomic mass is 10.0. The van der Waals surface area contributed by atoms with Crippen LogP contribution in [0.4, 0.5) is 0 Å². The molecule has 2 unspecified atom stereocenters. The molecule has 1 N–H and O–H groups in total. The zero-order chi connectivity index (χ0) is 17.1. The average molecular weight is 334 g/mol. The highest BCUT2D eigenvalue weighted by Crippen LogP contribution is 2.37. The molecule has 1 aromatic rings. The normalized spacial score (nSPS) is 22.9. The first-order chi connectivity index (χ1) is 11.6. The zero-order valence-electron chi connectivity index (χ0n) is 15.1. The monoisotopic (exact) mass is 334 g/mol. The molecule has 2 heterocycles. The van der Waals surface area contributed by atoms with Crippen molar-refractivity contribution in [1.29, 1.82) is 0 Å². The summed E-state index contributed by atoms with van der Waals surface area (Å²) in [6.07, 6.45) is 2.21. The predicted molar refractivity (Wildman–Crippen MR) is 94.8 cm³/mol. The third-order valence-corrected chi connectivity index (χ3v) is 5.28. The number of aliphatic hydroxyl groups excluding tert-OH is 1. The van der Waals surface area contributed by atoms with Gasteiger partial charge in [-0.1, -0.05) is 6.92 Å². The summed E-state index contributed by atoms with van der Waals surface area (Å²) < 4.78 is 11.5. The molecule has 1 saturated heterocycles. The first kappa shape index (κ1) is 17.5. The molecule has 0 bridgehead atoms. The number of nitrogens with zero attached hydrogens (tertiary/aromatic N) is 2. The molecule has 2 atom stereocenters. The highest BCUT2D eigenvalue weighted by molar-refractivity contribution is 5.49. The van der Waals surface area contributed by atoms with Crippen LogP contribution in [0.15, 0.2) is 12.1 Å². The Morgan fingerprint density at radius 2 is 2.04 bits per heavy atom. The van der Waals surface area contributed by atoms with Crippen LogP contribution >= 0.6 is 0 Å². The molecule has 134 valence electrons. The molecule has 0 amide bonds. The number of hydrogen-bond acceptors (Lipinski definition) is 5. The Balaban J connectivity index is 1.66. The number of hydrogen-bond donors (Lipinski definition) is 1. The topological polar surface area (TPSA) is 45.2 Å². The second-order valence-electron chi connectivity index (χ2n) is 6.96. The summed E-state index contributed by atoms with van der Waals surface area (Å²) in [5.74, 6) is 1.99. The minimum absolute atomic E-state index is 0.248. The van der Waals surface area contributed by atoms with Gasteiger partial charge in [-0.05, 0) is 25.5 Å². The fourth-order valence-electron chi connectivity index (χ4n) is 3.84. The van der Waals surface area contributed by atoms with Crippen LogP contribution in [0.5, 0.6) is 11.5 Å². The van der Waals surface area contributed by atoms with Crippen LogP contribution < -0.4 is 9.47 Å². The summed E-state index contributed by atoms with van der Waals surface area (Å²) in [5.41, 5.74) is 2.50. The van der Waals surface area contributed by atoms with Crippen LogP contribution in [0, 0.1) is 0 Å². The summed E-state index contributed by atoms with van der Waals surface area (Å²) in [4.78, 5) is 4.88. The van der Waals surface area contributed by atoms with Gasteiger partial charge in [0.2, 0.25) is 0 Å². The summed E-state index contributed by atoms with van der Waals surface area (Å²) in [6.45, 7) is 9.50. The molecule has 1 fully saturated rings. The van der Waals surface area contributed by atoms with Crippen molar-refractivity contribution in [2.45, 2.75) is 45.4 Å². The van der Waals surface area contributed by atoms with Crippen molar-refractivity contribution < 1.29 is 14.6 Å². The fraction of sp³-hybridized carbons (Fsp3) is 0.684. The van der Waals surface area contributed by atoms with Crippen molar-refractivity contribution in [3.63, 3.8) is 0 Å². The Kier molecular flexibility index (Phi) is 5.64. The highest BCUT2D eigenvalue weighted by atomic mass is 16.5. The van der Waals surface area contributed by atoms with Crippen LogP contribution in [0.2, 0.25) is 0 Å². The third-order valence-electron chi connectivity index (χ3n) is 5.28. The largest absolute Gasteiger partial charge is 0.497 e. The average Bonchev–Trinajstić information content (AvgIpc) is 2.98. The molecule has 24 heavy (non-hydrogen) atoms. The third kappa shape index (κ3) is 3.68. The lowest BCUT2D eigenvalue weighted by molar-refractivity contribution is 0.0604. The second kappa shape index (κ2) is 7.72. The standard InChI is InChI=1S/C19H30N2O3/c1-4-17(13-22)21-7-5-20(6-8-21)12-16-11-18(23-3)10-15-9-14(2)24-19(15)16/h10-11,14,17,22H,4-9,12-13H2,1-3H3. The van der Waals surface area contributed by atoms with Crippen molar-refractivity contribution in [2.24, 2.45) is 0 Å². The zero-order valence-corrected chi connectivity index (χ0v) is 15.1. The molecule has 0 spiro atoms. The highest BCUT2D eigenvalue weighted by Gasteiger charge is 2.26. The molecule has 1 aromatic carbocycles. The number of benzene rings is 1. The maximum atomic E-state index is 9.48. The van der Waals surface area contributed by atoms with E-state index in [9.17, 15) is 5.11 Å². The molecule has 0 radical (unpaired) electrons. The summed E-state index contributed by atoms with van der Waals surface area (Å²) in [7, 11) is 1.73. The van der Waals surface area contributed by atoms with Crippen molar-refractivity contribution in [3.05, 3.63) is 23.3 Å². The Labute approximate surface area is 145 Å². The first-order valence-corrected chi connectivity index (χ1v) is 9.08. The van der Waals surface area contributed by atoms with Crippen LogP contribution in [0.3, 0.4) is 0 Å². The molecule has 5 heteroatoms. The first-order valence-electron chi connectivity index (χ1n) is 9.08. The van der Waals surface area contributed by atoms with Crippen molar-refractivity contribution in [1.82, 2.24) is 9.80 Å². The fourth-order valence-corrected chi connectivity index (χ4v) is 3.84. The molecule has 5 nitrogen and oxygen atoms in total. The minimum Gasteiger partial charge on any atom is -0.497 e. The summed E-state index contributed by atoms with van der Waals surface area (Å²) in [6, 6.07) is 4.52. The lowest BCUT2D eigenvalue weighted by Crippen LogP contribution is -2.50. The predicted octanol–water partition coefficient (Wildman–Crippen LogP) is 1.91. The number of methoxy groups -OCH3 is 1. The number of ether oxygens (including phenoxy) is 2. The number of piperazine rings is 1. The van der Waals surface area contributed by atoms with E-state index in [1.165, 1.54) is 11.1 Å². The quantitative estimate of drug-likeness (QED) is 0.861. The second-order valence-corrected chi connectivity index (χ2v) is 6.96. The smallest absolute Gasteiger partial charge is 0.127 e. The molecule has 2 aliphatic rings. The number of rotatable bonds is 6. The van der Waals surface area contributed by atoms with Gasteiger partial charge in [-0.3, -0.25) is 9.80 Å². The van der Waals surface area contributed by atoms with Gasteiger partial charge in [0, 0.05) is 56.3 Å². The molecule has 0 aliphatic carbocycles. The minimum atomic E-state index is 0.248. The van der Waals surface area contributed by atoms with E-state index >= 15 is 0 Å². The van der Waals surface area contributed by atoms with E-state index < -0.39 is 0 Å². The Morgan fingerprint density at radius 1 is 1.29 bits per heavy atom. The van der Waals surface area contributed by atoms with Gasteiger partial charge in [0.25, 0.3) is 0 Å². The van der Waals surface area contributed by atoms with Gasteiger partial charge in [-0.2, -0.15) is 0 Å². The van der Waals surface area contributed by atoms with E-state index in [2.05, 4.69) is 35.8 Å². The molecular weight excluding hydrogens is 304 g/mol. The maximum absolute atomic E-state index is 9.48. The Bertz CT molecular complexity index is 552. The van der Waals surface area contributed by atoms with Gasteiger partial charge < -0.3 is 14.6 Å². The number of aliphatic hydroxyl groups is 1. The summed E-state index contributed by atoms with van der Waals surface area (Å²) >= 11 is 0. The van der Waals surface area contributed by atoms with Gasteiger partial charge in [0.15, 0.2) is 0 Å². The molecular formula is C19H30N2O3.